The summed E-state index contributed by atoms with van der Waals surface area (Å²) in [6.07, 6.45) is 12.1. The van der Waals surface area contributed by atoms with Crippen molar-refractivity contribution in [3.8, 4) is 11.3 Å². The van der Waals surface area contributed by atoms with Crippen LogP contribution in [0.5, 0.6) is 0 Å². The third-order valence-electron chi connectivity index (χ3n) is 7.26. The number of amides is 2. The number of rotatable bonds is 10. The molecule has 0 saturated heterocycles. The molecular formula is C31H35ClN8O2. The van der Waals surface area contributed by atoms with Crippen molar-refractivity contribution < 1.29 is 9.59 Å². The van der Waals surface area contributed by atoms with Gasteiger partial charge >= 0.3 is 0 Å². The van der Waals surface area contributed by atoms with Gasteiger partial charge in [0.1, 0.15) is 5.69 Å². The molecule has 5 rings (SSSR count). The van der Waals surface area contributed by atoms with Crippen molar-refractivity contribution in [2.24, 2.45) is 5.92 Å². The Balaban J connectivity index is 1.13. The summed E-state index contributed by atoms with van der Waals surface area (Å²) >= 11 is 6.48. The molecule has 218 valence electrons. The SMILES string of the molecule is CN(C)C/C=C/C(=O)Nc1ccc(C(=O)N[C@H]2CCC[C@@H](CNc3ncc(Cl)c(-c4c[nH]c5ccccc45)n3)C2)nc1. The van der Waals surface area contributed by atoms with Gasteiger partial charge in [0.25, 0.3) is 5.91 Å². The number of para-hydroxylation sites is 1. The smallest absolute Gasteiger partial charge is 0.270 e. The fourth-order valence-electron chi connectivity index (χ4n) is 5.17. The Kier molecular flexibility index (Phi) is 9.45. The molecule has 10 nitrogen and oxygen atoms in total. The van der Waals surface area contributed by atoms with Crippen molar-refractivity contribution in [1.29, 1.82) is 0 Å². The summed E-state index contributed by atoms with van der Waals surface area (Å²) in [6.45, 7) is 1.36. The fourth-order valence-corrected chi connectivity index (χ4v) is 5.36. The molecule has 42 heavy (non-hydrogen) atoms. The van der Waals surface area contributed by atoms with Gasteiger partial charge in [-0.3, -0.25) is 9.59 Å². The molecule has 0 bridgehead atoms. The third-order valence-corrected chi connectivity index (χ3v) is 7.54. The van der Waals surface area contributed by atoms with Crippen molar-refractivity contribution in [3.63, 3.8) is 0 Å². The number of hydrogen-bond acceptors (Lipinski definition) is 7. The number of pyridine rings is 1. The number of benzene rings is 1. The van der Waals surface area contributed by atoms with Gasteiger partial charge in [-0.15, -0.1) is 0 Å². The van der Waals surface area contributed by atoms with Crippen LogP contribution in [0.2, 0.25) is 5.02 Å². The highest BCUT2D eigenvalue weighted by molar-refractivity contribution is 6.33. The molecule has 11 heteroatoms. The van der Waals surface area contributed by atoms with Crippen molar-refractivity contribution >= 4 is 46.0 Å². The molecule has 1 saturated carbocycles. The monoisotopic (exact) mass is 586 g/mol. The molecule has 1 aromatic carbocycles. The highest BCUT2D eigenvalue weighted by Gasteiger charge is 2.24. The number of aromatic amines is 1. The maximum atomic E-state index is 12.9. The predicted octanol–water partition coefficient (Wildman–Crippen LogP) is 5.13. The Morgan fingerprint density at radius 1 is 1.12 bits per heavy atom. The van der Waals surface area contributed by atoms with Crippen LogP contribution in [0.15, 0.2) is 67.1 Å². The van der Waals surface area contributed by atoms with Gasteiger partial charge in [0, 0.05) is 47.9 Å². The number of hydrogen-bond donors (Lipinski definition) is 4. The minimum absolute atomic E-state index is 0.0500. The summed E-state index contributed by atoms with van der Waals surface area (Å²) in [6, 6.07) is 11.4. The Bertz CT molecular complexity index is 1570. The standard InChI is InChI=1S/C31H35ClN8O2/c1-40(2)14-6-11-28(41)37-22-12-13-27(33-17-22)30(42)38-21-8-5-7-20(15-21)16-35-31-36-19-25(32)29(39-31)24-18-34-26-10-4-3-9-23(24)26/h3-4,6,9-13,17-21,34H,5,7-8,14-16H2,1-2H3,(H,37,41)(H,38,42)(H,35,36,39)/b11-6+/t20-,21+/m1/s1. The van der Waals surface area contributed by atoms with Crippen LogP contribution in [0.3, 0.4) is 0 Å². The molecule has 3 heterocycles. The van der Waals surface area contributed by atoms with Crippen molar-refractivity contribution in [2.45, 2.75) is 31.7 Å². The van der Waals surface area contributed by atoms with Crippen LogP contribution in [0, 0.1) is 5.92 Å². The summed E-state index contributed by atoms with van der Waals surface area (Å²) in [5, 5.41) is 10.8. The minimum Gasteiger partial charge on any atom is -0.360 e. The normalized spacial score (nSPS) is 17.0. The van der Waals surface area contributed by atoms with Crippen LogP contribution in [0.1, 0.15) is 36.2 Å². The van der Waals surface area contributed by atoms with Gasteiger partial charge in [0.05, 0.1) is 28.8 Å². The topological polar surface area (TPSA) is 128 Å². The van der Waals surface area contributed by atoms with E-state index in [0.717, 1.165) is 42.1 Å². The highest BCUT2D eigenvalue weighted by Crippen LogP contribution is 2.32. The van der Waals surface area contributed by atoms with Crippen molar-refractivity contribution in [2.75, 3.05) is 37.8 Å². The minimum atomic E-state index is -0.240. The van der Waals surface area contributed by atoms with E-state index in [1.54, 1.807) is 24.4 Å². The summed E-state index contributed by atoms with van der Waals surface area (Å²) in [5.41, 5.74) is 3.48. The van der Waals surface area contributed by atoms with E-state index in [9.17, 15) is 9.59 Å². The maximum absolute atomic E-state index is 12.9. The number of aromatic nitrogens is 4. The Morgan fingerprint density at radius 3 is 2.79 bits per heavy atom. The van der Waals surface area contributed by atoms with Crippen LogP contribution in [-0.4, -0.2) is 69.9 Å². The van der Waals surface area contributed by atoms with E-state index in [4.69, 9.17) is 16.6 Å². The zero-order chi connectivity index (χ0) is 29.5. The first-order valence-corrected chi connectivity index (χ1v) is 14.5. The number of nitrogens with zero attached hydrogens (tertiary/aromatic N) is 4. The predicted molar refractivity (Wildman–Crippen MR) is 167 cm³/mol. The molecular weight excluding hydrogens is 552 g/mol. The van der Waals surface area contributed by atoms with E-state index in [-0.39, 0.29) is 17.9 Å². The Morgan fingerprint density at radius 2 is 1.98 bits per heavy atom. The number of carbonyl (C=O) groups excluding carboxylic acids is 2. The van der Waals surface area contributed by atoms with E-state index in [1.165, 1.54) is 12.3 Å². The van der Waals surface area contributed by atoms with E-state index >= 15 is 0 Å². The number of anilines is 2. The second-order valence-corrected chi connectivity index (χ2v) is 11.2. The molecule has 1 aliphatic carbocycles. The largest absolute Gasteiger partial charge is 0.360 e. The van der Waals surface area contributed by atoms with Crippen LogP contribution < -0.4 is 16.0 Å². The number of fused-ring (bicyclic) bond motifs is 1. The molecule has 2 amide bonds. The van der Waals surface area contributed by atoms with E-state index in [0.29, 0.717) is 47.1 Å². The summed E-state index contributed by atoms with van der Waals surface area (Å²) in [7, 11) is 3.86. The van der Waals surface area contributed by atoms with Crippen LogP contribution >= 0.6 is 11.6 Å². The lowest BCUT2D eigenvalue weighted by atomic mass is 9.85. The first-order valence-electron chi connectivity index (χ1n) is 14.1. The van der Waals surface area contributed by atoms with Crippen LogP contribution in [-0.2, 0) is 4.79 Å². The second kappa shape index (κ2) is 13.6. The third kappa shape index (κ3) is 7.51. The Hall–Kier alpha value is -4.28. The molecule has 4 N–H and O–H groups in total. The van der Waals surface area contributed by atoms with Gasteiger partial charge in [-0.2, -0.15) is 0 Å². The lowest BCUT2D eigenvalue weighted by Crippen LogP contribution is -2.40. The number of halogens is 1. The molecule has 1 aliphatic rings. The highest BCUT2D eigenvalue weighted by atomic mass is 35.5. The molecule has 0 aliphatic heterocycles. The van der Waals surface area contributed by atoms with Crippen LogP contribution in [0.25, 0.3) is 22.2 Å². The zero-order valence-electron chi connectivity index (χ0n) is 23.7. The maximum Gasteiger partial charge on any atom is 0.270 e. The second-order valence-electron chi connectivity index (χ2n) is 10.8. The van der Waals surface area contributed by atoms with E-state index in [1.807, 2.05) is 49.5 Å². The molecule has 4 aromatic rings. The molecule has 0 unspecified atom stereocenters. The summed E-state index contributed by atoms with van der Waals surface area (Å²) < 4.78 is 0. The van der Waals surface area contributed by atoms with Gasteiger partial charge in [0.15, 0.2) is 0 Å². The lowest BCUT2D eigenvalue weighted by Gasteiger charge is -2.29. The number of likely N-dealkylation sites (N-methyl/N-ethyl adjacent to an activating group) is 1. The van der Waals surface area contributed by atoms with Crippen molar-refractivity contribution in [3.05, 3.63) is 77.9 Å². The molecule has 0 spiro atoms. The van der Waals surface area contributed by atoms with Gasteiger partial charge in [0.2, 0.25) is 11.9 Å². The lowest BCUT2D eigenvalue weighted by molar-refractivity contribution is -0.111. The number of nitrogens with one attached hydrogen (secondary N) is 4. The average molecular weight is 587 g/mol. The zero-order valence-corrected chi connectivity index (χ0v) is 24.5. The number of carbonyl (C=O) groups is 2. The average Bonchev–Trinajstić information content (AvgIpc) is 3.41. The first-order chi connectivity index (χ1) is 20.4. The Labute approximate surface area is 250 Å². The van der Waals surface area contributed by atoms with Gasteiger partial charge < -0.3 is 25.8 Å². The first kappa shape index (κ1) is 29.2. The summed E-state index contributed by atoms with van der Waals surface area (Å²) in [4.78, 5) is 43.5. The van der Waals surface area contributed by atoms with E-state index < -0.39 is 0 Å². The van der Waals surface area contributed by atoms with Crippen LogP contribution in [0.4, 0.5) is 11.6 Å². The quantitative estimate of drug-likeness (QED) is 0.190. The van der Waals surface area contributed by atoms with Gasteiger partial charge in [-0.1, -0.05) is 42.3 Å². The van der Waals surface area contributed by atoms with Crippen molar-refractivity contribution in [1.82, 2.24) is 30.2 Å². The van der Waals surface area contributed by atoms with E-state index in [2.05, 4.69) is 30.9 Å². The fraction of sp³-hybridized carbons (Fsp3) is 0.323. The molecule has 0 radical (unpaired) electrons. The molecule has 2 atom stereocenters. The molecule has 1 fully saturated rings. The van der Waals surface area contributed by atoms with Gasteiger partial charge in [-0.05, 0) is 57.5 Å². The summed E-state index contributed by atoms with van der Waals surface area (Å²) in [5.74, 6) is 0.416. The van der Waals surface area contributed by atoms with Gasteiger partial charge in [-0.25, -0.2) is 15.0 Å². The number of H-pyrrole nitrogens is 1. The molecule has 3 aromatic heterocycles.